The van der Waals surface area contributed by atoms with E-state index in [2.05, 4.69) is 591 Å². The minimum Gasteiger partial charge on any atom is -0.310 e. The van der Waals surface area contributed by atoms with E-state index in [1.165, 1.54) is 22.3 Å². The Hall–Kier alpha value is -17.7. The van der Waals surface area contributed by atoms with Crippen molar-refractivity contribution in [1.29, 1.82) is 0 Å². The second kappa shape index (κ2) is 44.0. The van der Waals surface area contributed by atoms with Gasteiger partial charge in [-0.05, 0) is 278 Å². The maximum absolute atomic E-state index is 6.73. The molecule has 8 nitrogen and oxygen atoms in total. The van der Waals surface area contributed by atoms with E-state index >= 15 is 0 Å². The van der Waals surface area contributed by atoms with E-state index in [1.54, 1.807) is 0 Å². The number of para-hydroxylation sites is 14. The van der Waals surface area contributed by atoms with Crippen LogP contribution in [0.1, 0.15) is 22.3 Å². The summed E-state index contributed by atoms with van der Waals surface area (Å²) >= 11 is 6.73. The molecule has 0 heterocycles. The van der Waals surface area contributed by atoms with Crippen LogP contribution in [0.3, 0.4) is 0 Å². The van der Waals surface area contributed by atoms with Crippen molar-refractivity contribution in [3.8, 4) is 0 Å². The van der Waals surface area contributed by atoms with Gasteiger partial charge in [0.1, 0.15) is 0 Å². The summed E-state index contributed by atoms with van der Waals surface area (Å²) in [6.07, 6.45) is 2.01. The number of benzene rings is 21. The molecule has 0 aliphatic carbocycles. The number of rotatable bonds is 28. The van der Waals surface area contributed by atoms with Crippen LogP contribution in [0.15, 0.2) is 588 Å². The zero-order valence-electron chi connectivity index (χ0n) is 75.9. The molecule has 21 rings (SSSR count). The predicted molar refractivity (Wildman–Crippen MR) is 580 cm³/mol. The maximum Gasteiger partial charge on any atom is 0.0503 e. The molecule has 0 bridgehead atoms. The molecule has 0 amide bonds. The highest BCUT2D eigenvalue weighted by Gasteiger charge is 2.28. The molecular formula is C128H101ClN8. The average Bonchev–Trinajstić information content (AvgIpc) is 0.788. The highest BCUT2D eigenvalue weighted by atomic mass is 35.5. The van der Waals surface area contributed by atoms with Gasteiger partial charge in [-0.15, -0.1) is 0 Å². The van der Waals surface area contributed by atoms with Crippen LogP contribution in [0.2, 0.25) is 5.02 Å². The summed E-state index contributed by atoms with van der Waals surface area (Å²) in [6, 6.07) is 207. The third-order valence-corrected chi connectivity index (χ3v) is 24.0. The Morgan fingerprint density at radius 2 is 0.219 bits per heavy atom. The Kier molecular flexibility index (Phi) is 28.5. The van der Waals surface area contributed by atoms with E-state index in [4.69, 9.17) is 11.6 Å². The van der Waals surface area contributed by atoms with Crippen molar-refractivity contribution >= 4 is 148 Å². The van der Waals surface area contributed by atoms with E-state index in [-0.39, 0.29) is 0 Å². The zero-order valence-corrected chi connectivity index (χ0v) is 76.6. The average molecular weight is 1790 g/mol. The van der Waals surface area contributed by atoms with Crippen molar-refractivity contribution < 1.29 is 0 Å². The van der Waals surface area contributed by atoms with Gasteiger partial charge in [0, 0.05) is 107 Å². The van der Waals surface area contributed by atoms with Crippen LogP contribution in [-0.2, 0) is 12.8 Å². The Bertz CT molecular complexity index is 6440. The van der Waals surface area contributed by atoms with Crippen molar-refractivity contribution in [2.75, 3.05) is 39.2 Å². The fourth-order valence-corrected chi connectivity index (χ4v) is 17.9. The molecule has 0 unspecified atom stereocenters. The van der Waals surface area contributed by atoms with Crippen molar-refractivity contribution in [2.24, 2.45) is 0 Å². The van der Waals surface area contributed by atoms with Gasteiger partial charge in [0.25, 0.3) is 0 Å². The normalized spacial score (nSPS) is 10.7. The van der Waals surface area contributed by atoms with E-state index < -0.39 is 0 Å². The minimum absolute atomic E-state index is 0.677. The molecule has 0 saturated heterocycles. The molecule has 0 N–H and O–H groups in total. The molecule has 0 aromatic heterocycles. The minimum atomic E-state index is 0.677. The lowest BCUT2D eigenvalue weighted by Crippen LogP contribution is -2.17. The lowest BCUT2D eigenvalue weighted by Gasteiger charge is -2.34. The molecule has 0 saturated carbocycles. The highest BCUT2D eigenvalue weighted by molar-refractivity contribution is 6.31. The molecule has 0 fully saturated rings. The van der Waals surface area contributed by atoms with Crippen LogP contribution in [0.4, 0.5) is 136 Å². The van der Waals surface area contributed by atoms with Gasteiger partial charge in [-0.1, -0.05) is 357 Å². The van der Waals surface area contributed by atoms with Crippen LogP contribution >= 0.6 is 11.6 Å². The largest absolute Gasteiger partial charge is 0.310 e. The Balaban J connectivity index is 0.000000183. The second-order valence-electron chi connectivity index (χ2n) is 33.1. The van der Waals surface area contributed by atoms with Gasteiger partial charge in [-0.25, -0.2) is 0 Å². The van der Waals surface area contributed by atoms with E-state index in [1.807, 2.05) is 36.4 Å². The first-order valence-electron chi connectivity index (χ1n) is 46.4. The number of hydrogen-bond acceptors (Lipinski definition) is 8. The zero-order chi connectivity index (χ0) is 92.4. The third-order valence-electron chi connectivity index (χ3n) is 23.7. The van der Waals surface area contributed by atoms with Gasteiger partial charge < -0.3 is 39.2 Å². The topological polar surface area (TPSA) is 25.9 Å². The van der Waals surface area contributed by atoms with Crippen molar-refractivity contribution in [3.63, 3.8) is 0 Å². The predicted octanol–water partition coefficient (Wildman–Crippen LogP) is 36.7. The SMILES string of the molecule is Clc1cc(N(c2ccccc2)c2ccccc2)cc(N(c2ccccc2)c2ccccc2)c1.c1ccc(Cc2cccc(Cc3ccccc3)c2)cc1.c1ccc(N(c2ccccc2)c2cc(N(c3ccccc3)c3ccccc3)cc(N(c3ccccc3)c3cccc(N(c4ccccc4)c4cc(N(c5ccccc5)c5ccccc5)cc(N(c5ccccc5)c5ccccc5)c4)c3)c2)cc1. The van der Waals surface area contributed by atoms with Crippen LogP contribution < -0.4 is 39.2 Å². The van der Waals surface area contributed by atoms with Crippen LogP contribution in [-0.4, -0.2) is 0 Å². The second-order valence-corrected chi connectivity index (χ2v) is 33.6. The molecule has 0 radical (unpaired) electrons. The Labute approximate surface area is 810 Å². The quantitative estimate of drug-likeness (QED) is 0.0479. The van der Waals surface area contributed by atoms with Gasteiger partial charge >= 0.3 is 0 Å². The molecular weight excluding hydrogens is 1680 g/mol. The molecule has 660 valence electrons. The lowest BCUT2D eigenvalue weighted by molar-refractivity contribution is 1.14. The third kappa shape index (κ3) is 21.9. The number of nitrogens with zero attached hydrogens (tertiary/aromatic N) is 8. The maximum atomic E-state index is 6.73. The summed E-state index contributed by atoms with van der Waals surface area (Å²) in [4.78, 5) is 18.6. The Morgan fingerprint density at radius 1 is 0.102 bits per heavy atom. The fraction of sp³-hybridized carbons (Fsp3) is 0.0156. The van der Waals surface area contributed by atoms with Crippen LogP contribution in [0.5, 0.6) is 0 Å². The molecule has 0 atom stereocenters. The fourth-order valence-electron chi connectivity index (χ4n) is 17.7. The van der Waals surface area contributed by atoms with Crippen LogP contribution in [0.25, 0.3) is 0 Å². The number of anilines is 24. The van der Waals surface area contributed by atoms with E-state index in [0.29, 0.717) is 5.02 Å². The lowest BCUT2D eigenvalue weighted by atomic mass is 9.99. The molecule has 137 heavy (non-hydrogen) atoms. The summed E-state index contributed by atoms with van der Waals surface area (Å²) in [7, 11) is 0. The highest BCUT2D eigenvalue weighted by Crippen LogP contribution is 2.51. The van der Waals surface area contributed by atoms with Gasteiger partial charge in [-0.2, -0.15) is 0 Å². The summed E-state index contributed by atoms with van der Waals surface area (Å²) in [5.74, 6) is 0. The molecule has 21 aromatic carbocycles. The molecule has 0 aliphatic rings. The van der Waals surface area contributed by atoms with Crippen molar-refractivity contribution in [1.82, 2.24) is 0 Å². The molecule has 0 aliphatic heterocycles. The molecule has 21 aromatic rings. The van der Waals surface area contributed by atoms with E-state index in [9.17, 15) is 0 Å². The first-order valence-corrected chi connectivity index (χ1v) is 46.8. The van der Waals surface area contributed by atoms with Gasteiger partial charge in [0.2, 0.25) is 0 Å². The smallest absolute Gasteiger partial charge is 0.0503 e. The van der Waals surface area contributed by atoms with E-state index in [0.717, 1.165) is 149 Å². The number of halogens is 1. The molecule has 0 spiro atoms. The standard InChI is InChI=1S/C78H60N6.C30H23ClN2.C20H18/c1-11-32-61(33-12-1)79(62-34-13-2-14-35-62)73-55-74(80(63-36-15-3-16-37-63)64-38-17-4-18-39-64)58-77(57-73)83(69-48-27-9-28-49-69)71-52-31-53-72(54-71)84(70-50-29-10-30-51-70)78-59-75(81(65-40-19-5-20-41-65)66-42-21-6-22-43-66)56-76(60-78)82(67-44-23-7-24-45-67)68-46-25-8-26-47-68;31-24-21-29(32(25-13-5-1-6-14-25)26-15-7-2-8-16-26)23-30(22-24)33(27-17-9-3-10-18-27)28-19-11-4-12-20-28;1-3-8-17(9-4-1)14-19-12-7-13-20(16-19)15-18-10-5-2-6-11-18/h1-60H;1-23H;1-13,16H,14-15H2. The summed E-state index contributed by atoms with van der Waals surface area (Å²) in [5, 5.41) is 0.677. The summed E-state index contributed by atoms with van der Waals surface area (Å²) in [5.41, 5.74) is 30.0. The number of hydrogen-bond donors (Lipinski definition) is 0. The summed E-state index contributed by atoms with van der Waals surface area (Å²) in [6.45, 7) is 0. The monoisotopic (exact) mass is 1780 g/mol. The van der Waals surface area contributed by atoms with Gasteiger partial charge in [-0.3, -0.25) is 0 Å². The van der Waals surface area contributed by atoms with Gasteiger partial charge in [0.05, 0.1) is 34.1 Å². The summed E-state index contributed by atoms with van der Waals surface area (Å²) < 4.78 is 0. The van der Waals surface area contributed by atoms with Crippen molar-refractivity contribution in [3.05, 3.63) is 616 Å². The van der Waals surface area contributed by atoms with Crippen molar-refractivity contribution in [2.45, 2.75) is 12.8 Å². The van der Waals surface area contributed by atoms with Crippen LogP contribution in [0, 0.1) is 0 Å². The first-order chi connectivity index (χ1) is 67.9. The molecule has 9 heteroatoms. The van der Waals surface area contributed by atoms with Gasteiger partial charge in [0.15, 0.2) is 0 Å². The first kappa shape index (κ1) is 88.6. The Morgan fingerprint density at radius 3 is 0.387 bits per heavy atom.